The van der Waals surface area contributed by atoms with Gasteiger partial charge in [-0.15, -0.1) is 0 Å². The Hall–Kier alpha value is -2.76. The standard InChI is InChI=1S/C20H24N2O4/c1-4-26-19(25)14-16(23)15-17(22-18(14)24)20(2,3)11-13(21-15)10-12-8-6-5-7-9-12/h5-9,13,21H,4,10-11H2,1-3H3,(H2,22,23,24). The molecule has 1 aromatic carbocycles. The van der Waals surface area contributed by atoms with E-state index < -0.39 is 11.5 Å². The van der Waals surface area contributed by atoms with Gasteiger partial charge < -0.3 is 20.1 Å². The molecule has 1 atom stereocenters. The fourth-order valence-corrected chi connectivity index (χ4v) is 3.63. The summed E-state index contributed by atoms with van der Waals surface area (Å²) in [4.78, 5) is 27.2. The minimum Gasteiger partial charge on any atom is -0.505 e. The maximum absolute atomic E-state index is 12.3. The number of pyridine rings is 1. The van der Waals surface area contributed by atoms with Gasteiger partial charge in [0.05, 0.1) is 18.0 Å². The number of hydrogen-bond acceptors (Lipinski definition) is 5. The number of carbonyl (C=O) groups excluding carboxylic acids is 1. The van der Waals surface area contributed by atoms with E-state index in [1.54, 1.807) is 6.92 Å². The molecule has 3 N–H and O–H groups in total. The summed E-state index contributed by atoms with van der Waals surface area (Å²) < 4.78 is 4.91. The van der Waals surface area contributed by atoms with Gasteiger partial charge in [0, 0.05) is 11.5 Å². The number of rotatable bonds is 4. The van der Waals surface area contributed by atoms with Gasteiger partial charge >= 0.3 is 5.97 Å². The second kappa shape index (κ2) is 6.86. The van der Waals surface area contributed by atoms with E-state index in [0.717, 1.165) is 12.8 Å². The van der Waals surface area contributed by atoms with Crippen molar-refractivity contribution >= 4 is 11.7 Å². The van der Waals surface area contributed by atoms with Crippen molar-refractivity contribution in [3.8, 4) is 5.75 Å². The van der Waals surface area contributed by atoms with Crippen molar-refractivity contribution in [2.45, 2.75) is 45.1 Å². The zero-order valence-electron chi connectivity index (χ0n) is 15.3. The van der Waals surface area contributed by atoms with Crippen LogP contribution in [0.15, 0.2) is 35.1 Å². The molecule has 0 bridgehead atoms. The summed E-state index contributed by atoms with van der Waals surface area (Å²) in [7, 11) is 0. The van der Waals surface area contributed by atoms with Gasteiger partial charge in [0.2, 0.25) is 0 Å². The molecule has 0 saturated carbocycles. The average molecular weight is 356 g/mol. The van der Waals surface area contributed by atoms with Gasteiger partial charge in [-0.05, 0) is 25.3 Å². The first-order chi connectivity index (χ1) is 12.3. The van der Waals surface area contributed by atoms with Crippen molar-refractivity contribution < 1.29 is 14.6 Å². The maximum Gasteiger partial charge on any atom is 0.347 e. The Morgan fingerprint density at radius 1 is 1.31 bits per heavy atom. The first-order valence-corrected chi connectivity index (χ1v) is 8.80. The number of esters is 1. The van der Waals surface area contributed by atoms with E-state index in [1.165, 1.54) is 5.56 Å². The van der Waals surface area contributed by atoms with Gasteiger partial charge in [0.1, 0.15) is 0 Å². The van der Waals surface area contributed by atoms with Crippen molar-refractivity contribution in [1.29, 1.82) is 0 Å². The Balaban J connectivity index is 2.01. The smallest absolute Gasteiger partial charge is 0.347 e. The summed E-state index contributed by atoms with van der Waals surface area (Å²) in [6.07, 6.45) is 1.56. The van der Waals surface area contributed by atoms with E-state index in [1.807, 2.05) is 32.0 Å². The molecule has 0 amide bonds. The number of anilines is 1. The number of H-pyrrole nitrogens is 1. The zero-order chi connectivity index (χ0) is 18.9. The Kier molecular flexibility index (Phi) is 4.76. The Morgan fingerprint density at radius 3 is 2.65 bits per heavy atom. The van der Waals surface area contributed by atoms with Gasteiger partial charge in [-0.25, -0.2) is 4.79 Å². The Bertz CT molecular complexity index is 871. The fourth-order valence-electron chi connectivity index (χ4n) is 3.63. The lowest BCUT2D eigenvalue weighted by Gasteiger charge is -2.38. The quantitative estimate of drug-likeness (QED) is 0.733. The second-order valence-corrected chi connectivity index (χ2v) is 7.27. The molecule has 26 heavy (non-hydrogen) atoms. The van der Waals surface area contributed by atoms with Crippen LogP contribution in [0.2, 0.25) is 0 Å². The monoisotopic (exact) mass is 356 g/mol. The molecule has 1 aliphatic heterocycles. The Labute approximate surface area is 152 Å². The number of nitrogens with one attached hydrogen (secondary N) is 2. The van der Waals surface area contributed by atoms with Gasteiger partial charge in [0.25, 0.3) is 5.56 Å². The van der Waals surface area contributed by atoms with Crippen molar-refractivity contribution in [3.05, 3.63) is 57.5 Å². The van der Waals surface area contributed by atoms with E-state index in [2.05, 4.69) is 22.4 Å². The van der Waals surface area contributed by atoms with Crippen molar-refractivity contribution in [3.63, 3.8) is 0 Å². The number of aromatic amines is 1. The van der Waals surface area contributed by atoms with E-state index in [9.17, 15) is 14.7 Å². The lowest BCUT2D eigenvalue weighted by atomic mass is 9.77. The first kappa shape index (κ1) is 18.0. The highest BCUT2D eigenvalue weighted by molar-refractivity contribution is 5.94. The molecular formula is C20H24N2O4. The van der Waals surface area contributed by atoms with Crippen LogP contribution in [-0.2, 0) is 16.6 Å². The molecule has 1 aliphatic rings. The number of hydrogen-bond donors (Lipinski definition) is 3. The highest BCUT2D eigenvalue weighted by Gasteiger charge is 2.37. The van der Waals surface area contributed by atoms with E-state index in [0.29, 0.717) is 11.4 Å². The van der Waals surface area contributed by atoms with Crippen molar-refractivity contribution in [2.75, 3.05) is 11.9 Å². The van der Waals surface area contributed by atoms with Crippen LogP contribution in [-0.4, -0.2) is 28.7 Å². The van der Waals surface area contributed by atoms with E-state index in [-0.39, 0.29) is 29.4 Å². The van der Waals surface area contributed by atoms with Crippen LogP contribution in [0.4, 0.5) is 5.69 Å². The zero-order valence-corrected chi connectivity index (χ0v) is 15.3. The largest absolute Gasteiger partial charge is 0.505 e. The van der Waals surface area contributed by atoms with Gasteiger partial charge in [-0.3, -0.25) is 4.79 Å². The summed E-state index contributed by atoms with van der Waals surface area (Å²) >= 11 is 0. The molecule has 0 spiro atoms. The van der Waals surface area contributed by atoms with Crippen molar-refractivity contribution in [1.82, 2.24) is 4.98 Å². The number of fused-ring (bicyclic) bond motifs is 1. The van der Waals surface area contributed by atoms with Crippen LogP contribution in [0.3, 0.4) is 0 Å². The molecule has 6 nitrogen and oxygen atoms in total. The lowest BCUT2D eigenvalue weighted by molar-refractivity contribution is 0.0520. The normalized spacial score (nSPS) is 17.9. The first-order valence-electron chi connectivity index (χ1n) is 8.80. The van der Waals surface area contributed by atoms with Gasteiger partial charge in [0.15, 0.2) is 11.3 Å². The summed E-state index contributed by atoms with van der Waals surface area (Å²) in [5.74, 6) is -1.16. The summed E-state index contributed by atoms with van der Waals surface area (Å²) in [5.41, 5.74) is 0.857. The highest BCUT2D eigenvalue weighted by Crippen LogP contribution is 2.42. The maximum atomic E-state index is 12.3. The predicted molar refractivity (Wildman–Crippen MR) is 99.9 cm³/mol. The predicted octanol–water partition coefficient (Wildman–Crippen LogP) is 2.96. The van der Waals surface area contributed by atoms with Crippen LogP contribution in [0, 0.1) is 0 Å². The van der Waals surface area contributed by atoms with Gasteiger partial charge in [-0.2, -0.15) is 0 Å². The number of aromatic nitrogens is 1. The number of ether oxygens (including phenoxy) is 1. The molecule has 0 radical (unpaired) electrons. The third-order valence-corrected chi connectivity index (χ3v) is 4.78. The highest BCUT2D eigenvalue weighted by atomic mass is 16.5. The second-order valence-electron chi connectivity index (χ2n) is 7.27. The molecule has 1 unspecified atom stereocenters. The topological polar surface area (TPSA) is 91.4 Å². The van der Waals surface area contributed by atoms with Crippen LogP contribution < -0.4 is 10.9 Å². The van der Waals surface area contributed by atoms with Crippen LogP contribution >= 0.6 is 0 Å². The van der Waals surface area contributed by atoms with E-state index >= 15 is 0 Å². The summed E-state index contributed by atoms with van der Waals surface area (Å²) in [5, 5.41) is 14.0. The third kappa shape index (κ3) is 3.31. The summed E-state index contributed by atoms with van der Waals surface area (Å²) in [6, 6.07) is 10.1. The molecule has 2 aromatic rings. The molecular weight excluding hydrogens is 332 g/mol. The number of aromatic hydroxyl groups is 1. The minimum atomic E-state index is -0.821. The average Bonchev–Trinajstić information content (AvgIpc) is 2.57. The molecule has 0 saturated heterocycles. The molecule has 0 fully saturated rings. The SMILES string of the molecule is CCOC(=O)c1c(O)c2c([nH]c1=O)C(C)(C)CC(Cc1ccccc1)N2. The van der Waals surface area contributed by atoms with E-state index in [4.69, 9.17) is 4.74 Å². The van der Waals surface area contributed by atoms with Crippen molar-refractivity contribution in [2.24, 2.45) is 0 Å². The molecule has 3 rings (SSSR count). The third-order valence-electron chi connectivity index (χ3n) is 4.78. The Morgan fingerprint density at radius 2 is 2.00 bits per heavy atom. The lowest BCUT2D eigenvalue weighted by Crippen LogP contribution is -2.40. The van der Waals surface area contributed by atoms with Crippen LogP contribution in [0.5, 0.6) is 5.75 Å². The van der Waals surface area contributed by atoms with Gasteiger partial charge in [-0.1, -0.05) is 44.2 Å². The minimum absolute atomic E-state index is 0.0618. The molecule has 138 valence electrons. The molecule has 1 aromatic heterocycles. The van der Waals surface area contributed by atoms with Crippen LogP contribution in [0.25, 0.3) is 0 Å². The molecule has 2 heterocycles. The number of carbonyl (C=O) groups is 1. The van der Waals surface area contributed by atoms with Crippen LogP contribution in [0.1, 0.15) is 48.8 Å². The number of benzene rings is 1. The fraction of sp³-hybridized carbons (Fsp3) is 0.400. The summed E-state index contributed by atoms with van der Waals surface area (Å²) in [6.45, 7) is 5.82. The molecule has 0 aliphatic carbocycles. The molecule has 6 heteroatoms.